The number of anilines is 1. The van der Waals surface area contributed by atoms with Gasteiger partial charge in [-0.15, -0.1) is 0 Å². The van der Waals surface area contributed by atoms with Gasteiger partial charge in [0.1, 0.15) is 12.3 Å². The molecule has 0 spiro atoms. The third-order valence-electron chi connectivity index (χ3n) is 2.32. The van der Waals surface area contributed by atoms with E-state index < -0.39 is 0 Å². The Kier molecular flexibility index (Phi) is 3.56. The summed E-state index contributed by atoms with van der Waals surface area (Å²) in [6.45, 7) is 4.41. The van der Waals surface area contributed by atoms with E-state index >= 15 is 0 Å². The summed E-state index contributed by atoms with van der Waals surface area (Å²) in [5.74, 6) is 0.846. The molecule has 1 rings (SSSR count). The first kappa shape index (κ1) is 11.4. The van der Waals surface area contributed by atoms with Gasteiger partial charge in [-0.2, -0.15) is 5.26 Å². The van der Waals surface area contributed by atoms with E-state index in [4.69, 9.17) is 10.00 Å². The molecule has 0 saturated heterocycles. The number of rotatable bonds is 3. The lowest BCUT2D eigenvalue weighted by molar-refractivity contribution is 0.412. The summed E-state index contributed by atoms with van der Waals surface area (Å²) in [4.78, 5) is 1.89. The quantitative estimate of drug-likeness (QED) is 0.709. The third kappa shape index (κ3) is 2.41. The van der Waals surface area contributed by atoms with Gasteiger partial charge in [-0.05, 0) is 31.0 Å². The highest BCUT2D eigenvalue weighted by Gasteiger charge is 2.10. The molecular weight excluding hydrogens is 188 g/mol. The van der Waals surface area contributed by atoms with E-state index in [1.165, 1.54) is 5.56 Å². The smallest absolute Gasteiger partial charge is 0.145 e. The van der Waals surface area contributed by atoms with Crippen LogP contribution in [0.2, 0.25) is 0 Å². The van der Waals surface area contributed by atoms with Gasteiger partial charge in [-0.1, -0.05) is 6.07 Å². The Morgan fingerprint density at radius 3 is 2.60 bits per heavy atom. The van der Waals surface area contributed by atoms with Crippen molar-refractivity contribution in [1.82, 2.24) is 0 Å². The van der Waals surface area contributed by atoms with Crippen LogP contribution in [0.1, 0.15) is 11.1 Å². The number of nitriles is 1. The Balaban J connectivity index is 3.20. The van der Waals surface area contributed by atoms with Gasteiger partial charge in [-0.25, -0.2) is 0 Å². The molecule has 0 bridgehead atoms. The van der Waals surface area contributed by atoms with Crippen LogP contribution >= 0.6 is 0 Å². The number of nitrogens with zero attached hydrogens (tertiary/aromatic N) is 2. The second kappa shape index (κ2) is 4.70. The molecule has 1 aromatic carbocycles. The highest BCUT2D eigenvalue weighted by atomic mass is 16.5. The van der Waals surface area contributed by atoms with Gasteiger partial charge in [0.15, 0.2) is 0 Å². The summed E-state index contributed by atoms with van der Waals surface area (Å²) in [5.41, 5.74) is 3.24. The maximum absolute atomic E-state index is 8.67. The van der Waals surface area contributed by atoms with Gasteiger partial charge < -0.3 is 9.64 Å². The molecule has 0 saturated carbocycles. The van der Waals surface area contributed by atoms with Gasteiger partial charge in [0.25, 0.3) is 0 Å². The zero-order valence-electron chi connectivity index (χ0n) is 9.66. The molecule has 80 valence electrons. The van der Waals surface area contributed by atoms with Gasteiger partial charge in [-0.3, -0.25) is 0 Å². The Bertz CT molecular complexity index is 393. The number of ether oxygens (including phenoxy) is 1. The molecule has 0 atom stereocenters. The molecule has 0 heterocycles. The average Bonchev–Trinajstić information content (AvgIpc) is 2.17. The van der Waals surface area contributed by atoms with Crippen molar-refractivity contribution < 1.29 is 4.74 Å². The largest absolute Gasteiger partial charge is 0.494 e. The molecule has 3 nitrogen and oxygen atoms in total. The van der Waals surface area contributed by atoms with E-state index in [-0.39, 0.29) is 0 Å². The van der Waals surface area contributed by atoms with Crippen LogP contribution in [0.25, 0.3) is 0 Å². The molecule has 0 amide bonds. The molecule has 0 unspecified atom stereocenters. The standard InChI is InChI=1S/C12H16N2O/c1-9-7-10(2)12(15-4)11(8-9)14(3)6-5-13/h7-8H,6H2,1-4H3. The fourth-order valence-electron chi connectivity index (χ4n) is 1.67. The van der Waals surface area contributed by atoms with Crippen molar-refractivity contribution in [1.29, 1.82) is 5.26 Å². The minimum atomic E-state index is 0.360. The monoisotopic (exact) mass is 204 g/mol. The molecular formula is C12H16N2O. The van der Waals surface area contributed by atoms with E-state index in [0.717, 1.165) is 17.0 Å². The van der Waals surface area contributed by atoms with Crippen LogP contribution in [-0.4, -0.2) is 20.7 Å². The van der Waals surface area contributed by atoms with Crippen molar-refractivity contribution in [2.24, 2.45) is 0 Å². The van der Waals surface area contributed by atoms with E-state index in [9.17, 15) is 0 Å². The number of methoxy groups -OCH3 is 1. The number of hydrogen-bond donors (Lipinski definition) is 0. The van der Waals surface area contributed by atoms with Gasteiger partial charge in [0.05, 0.1) is 18.9 Å². The summed E-state index contributed by atoms with van der Waals surface area (Å²) >= 11 is 0. The van der Waals surface area contributed by atoms with Crippen molar-refractivity contribution in [2.45, 2.75) is 13.8 Å². The summed E-state index contributed by atoms with van der Waals surface area (Å²) in [7, 11) is 3.54. The zero-order valence-corrected chi connectivity index (χ0v) is 9.66. The van der Waals surface area contributed by atoms with Crippen LogP contribution in [0.4, 0.5) is 5.69 Å². The maximum Gasteiger partial charge on any atom is 0.145 e. The first-order valence-electron chi connectivity index (χ1n) is 4.83. The van der Waals surface area contributed by atoms with Crippen molar-refractivity contribution in [3.05, 3.63) is 23.3 Å². The van der Waals surface area contributed by atoms with Crippen LogP contribution < -0.4 is 9.64 Å². The van der Waals surface area contributed by atoms with Gasteiger partial charge in [0, 0.05) is 7.05 Å². The highest BCUT2D eigenvalue weighted by Crippen LogP contribution is 2.32. The third-order valence-corrected chi connectivity index (χ3v) is 2.32. The fourth-order valence-corrected chi connectivity index (χ4v) is 1.67. The van der Waals surface area contributed by atoms with Gasteiger partial charge in [0.2, 0.25) is 0 Å². The number of benzene rings is 1. The number of hydrogen-bond acceptors (Lipinski definition) is 3. The fraction of sp³-hybridized carbons (Fsp3) is 0.417. The molecule has 15 heavy (non-hydrogen) atoms. The Labute approximate surface area is 90.9 Å². The SMILES string of the molecule is COc1c(C)cc(C)cc1N(C)CC#N. The Hall–Kier alpha value is -1.69. The summed E-state index contributed by atoms with van der Waals surface area (Å²) in [5, 5.41) is 8.67. The van der Waals surface area contributed by atoms with E-state index in [1.54, 1.807) is 7.11 Å². The van der Waals surface area contributed by atoms with Crippen LogP contribution in [-0.2, 0) is 0 Å². The van der Waals surface area contributed by atoms with Crippen LogP contribution in [0, 0.1) is 25.2 Å². The summed E-state index contributed by atoms with van der Waals surface area (Å²) in [6, 6.07) is 6.23. The van der Waals surface area contributed by atoms with Crippen molar-refractivity contribution >= 4 is 5.69 Å². The maximum atomic E-state index is 8.67. The lowest BCUT2D eigenvalue weighted by Gasteiger charge is -2.20. The molecule has 0 N–H and O–H groups in total. The van der Waals surface area contributed by atoms with E-state index in [1.807, 2.05) is 31.9 Å². The molecule has 3 heteroatoms. The van der Waals surface area contributed by atoms with E-state index in [0.29, 0.717) is 6.54 Å². The lowest BCUT2D eigenvalue weighted by Crippen LogP contribution is -2.18. The minimum absolute atomic E-state index is 0.360. The topological polar surface area (TPSA) is 36.3 Å². The number of aryl methyl sites for hydroxylation is 2. The van der Waals surface area contributed by atoms with E-state index in [2.05, 4.69) is 12.1 Å². The lowest BCUT2D eigenvalue weighted by atomic mass is 10.1. The normalized spacial score (nSPS) is 9.53. The van der Waals surface area contributed by atoms with Crippen LogP contribution in [0.3, 0.4) is 0 Å². The van der Waals surface area contributed by atoms with Crippen molar-refractivity contribution in [3.63, 3.8) is 0 Å². The van der Waals surface area contributed by atoms with Gasteiger partial charge >= 0.3 is 0 Å². The molecule has 0 radical (unpaired) electrons. The van der Waals surface area contributed by atoms with Crippen molar-refractivity contribution in [2.75, 3.05) is 25.6 Å². The molecule has 0 aliphatic heterocycles. The first-order chi connectivity index (χ1) is 7.10. The predicted molar refractivity (Wildman–Crippen MR) is 61.4 cm³/mol. The molecule has 0 aromatic heterocycles. The predicted octanol–water partition coefficient (Wildman–Crippen LogP) is 2.27. The van der Waals surface area contributed by atoms with Crippen LogP contribution in [0.15, 0.2) is 12.1 Å². The molecule has 1 aromatic rings. The molecule has 0 aliphatic rings. The molecule has 0 fully saturated rings. The summed E-state index contributed by atoms with van der Waals surface area (Å²) in [6.07, 6.45) is 0. The zero-order chi connectivity index (χ0) is 11.4. The Morgan fingerprint density at radius 2 is 2.07 bits per heavy atom. The van der Waals surface area contributed by atoms with Crippen LogP contribution in [0.5, 0.6) is 5.75 Å². The average molecular weight is 204 g/mol. The molecule has 0 aliphatic carbocycles. The summed E-state index contributed by atoms with van der Waals surface area (Å²) < 4.78 is 5.35. The second-order valence-electron chi connectivity index (χ2n) is 3.65. The van der Waals surface area contributed by atoms with Crippen molar-refractivity contribution in [3.8, 4) is 11.8 Å². The second-order valence-corrected chi connectivity index (χ2v) is 3.65. The highest BCUT2D eigenvalue weighted by molar-refractivity contribution is 5.63. The Morgan fingerprint density at radius 1 is 1.40 bits per heavy atom. The minimum Gasteiger partial charge on any atom is -0.494 e. The first-order valence-corrected chi connectivity index (χ1v) is 4.83.